The van der Waals surface area contributed by atoms with Crippen molar-refractivity contribution in [2.24, 2.45) is 0 Å². The fraction of sp³-hybridized carbons (Fsp3) is 0.125. The maximum Gasteiger partial charge on any atom is 0.269 e. The number of amides is 1. The van der Waals surface area contributed by atoms with Crippen LogP contribution in [0, 0.1) is 0 Å². The van der Waals surface area contributed by atoms with Gasteiger partial charge in [0.2, 0.25) is 0 Å². The van der Waals surface area contributed by atoms with E-state index < -0.39 is 0 Å². The van der Waals surface area contributed by atoms with Crippen LogP contribution in [-0.4, -0.2) is 25.2 Å². The van der Waals surface area contributed by atoms with E-state index in [0.717, 1.165) is 0 Å². The van der Waals surface area contributed by atoms with Crippen LogP contribution in [0.3, 0.4) is 0 Å². The molecule has 24 heavy (non-hydrogen) atoms. The van der Waals surface area contributed by atoms with Gasteiger partial charge in [0.1, 0.15) is 11.5 Å². The summed E-state index contributed by atoms with van der Waals surface area (Å²) in [6, 6.07) is 12.0. The van der Waals surface area contributed by atoms with Gasteiger partial charge in [0, 0.05) is 17.7 Å². The Morgan fingerprint density at radius 3 is 2.33 bits per heavy atom. The summed E-state index contributed by atoms with van der Waals surface area (Å²) in [6.45, 7) is 0. The van der Waals surface area contributed by atoms with E-state index in [2.05, 4.69) is 16.2 Å². The summed E-state index contributed by atoms with van der Waals surface area (Å²) in [6.07, 6.45) is 0. The first-order valence-corrected chi connectivity index (χ1v) is 7.67. The van der Waals surface area contributed by atoms with Crippen LogP contribution in [0.2, 0.25) is 5.02 Å². The Morgan fingerprint density at radius 2 is 1.71 bits per heavy atom. The lowest BCUT2D eigenvalue weighted by Gasteiger charge is -2.15. The molecule has 2 rings (SSSR count). The molecule has 0 fully saturated rings. The molecule has 0 saturated heterocycles. The number of carbonyl (C=O) groups is 1. The number of hydrogen-bond donors (Lipinski definition) is 3. The van der Waals surface area contributed by atoms with E-state index in [-0.39, 0.29) is 11.0 Å². The molecule has 8 heteroatoms. The minimum Gasteiger partial charge on any atom is -0.495 e. The van der Waals surface area contributed by atoms with Crippen LogP contribution in [0.15, 0.2) is 42.5 Å². The highest BCUT2D eigenvalue weighted by molar-refractivity contribution is 7.80. The number of hydrogen-bond acceptors (Lipinski definition) is 4. The highest BCUT2D eigenvalue weighted by atomic mass is 35.5. The second kappa shape index (κ2) is 8.37. The highest BCUT2D eigenvalue weighted by Crippen LogP contribution is 2.35. The van der Waals surface area contributed by atoms with Crippen molar-refractivity contribution in [2.75, 3.05) is 19.5 Å². The molecule has 1 amide bonds. The predicted molar refractivity (Wildman–Crippen MR) is 97.8 cm³/mol. The van der Waals surface area contributed by atoms with Gasteiger partial charge in [-0.1, -0.05) is 29.8 Å². The van der Waals surface area contributed by atoms with Crippen molar-refractivity contribution in [1.29, 1.82) is 0 Å². The van der Waals surface area contributed by atoms with Crippen LogP contribution in [0.5, 0.6) is 11.5 Å². The lowest BCUT2D eigenvalue weighted by atomic mass is 10.2. The topological polar surface area (TPSA) is 71.6 Å². The average Bonchev–Trinajstić information content (AvgIpc) is 2.61. The molecule has 0 spiro atoms. The SMILES string of the molecule is COc1cc(NC(=S)NNC(=O)c2ccccc2)c(OC)cc1Cl. The maximum atomic E-state index is 11.9. The first-order valence-electron chi connectivity index (χ1n) is 6.89. The minimum absolute atomic E-state index is 0.182. The molecule has 0 saturated carbocycles. The van der Waals surface area contributed by atoms with Crippen LogP contribution >= 0.6 is 23.8 Å². The smallest absolute Gasteiger partial charge is 0.269 e. The molecule has 126 valence electrons. The molecule has 0 heterocycles. The van der Waals surface area contributed by atoms with Crippen LogP contribution in [0.4, 0.5) is 5.69 Å². The number of ether oxygens (including phenoxy) is 2. The Labute approximate surface area is 150 Å². The van der Waals surface area contributed by atoms with E-state index in [1.165, 1.54) is 14.2 Å². The third kappa shape index (κ3) is 4.50. The molecule has 2 aromatic rings. The first-order chi connectivity index (χ1) is 11.5. The number of nitrogens with one attached hydrogen (secondary N) is 3. The molecule has 0 bridgehead atoms. The molecular formula is C16H16ClN3O3S. The number of thiocarbonyl (C=S) groups is 1. The molecule has 0 unspecified atom stereocenters. The third-order valence-electron chi connectivity index (χ3n) is 3.05. The van der Waals surface area contributed by atoms with Gasteiger partial charge in [-0.25, -0.2) is 0 Å². The van der Waals surface area contributed by atoms with Gasteiger partial charge in [-0.15, -0.1) is 0 Å². The number of carbonyl (C=O) groups excluding carboxylic acids is 1. The van der Waals surface area contributed by atoms with Gasteiger partial charge in [0.25, 0.3) is 5.91 Å². The zero-order valence-corrected chi connectivity index (χ0v) is 14.6. The van der Waals surface area contributed by atoms with E-state index in [1.807, 2.05) is 6.07 Å². The molecule has 0 atom stereocenters. The molecule has 0 radical (unpaired) electrons. The van der Waals surface area contributed by atoms with Crippen molar-refractivity contribution in [3.63, 3.8) is 0 Å². The normalized spacial score (nSPS) is 9.79. The number of rotatable bonds is 4. The summed E-state index contributed by atoms with van der Waals surface area (Å²) in [5, 5.41) is 3.51. The van der Waals surface area contributed by atoms with Crippen LogP contribution in [0.25, 0.3) is 0 Å². The summed E-state index contributed by atoms with van der Waals surface area (Å²) >= 11 is 11.2. The van der Waals surface area contributed by atoms with Gasteiger partial charge in [-0.3, -0.25) is 15.6 Å². The van der Waals surface area contributed by atoms with E-state index in [0.29, 0.717) is 27.8 Å². The number of hydrazine groups is 1. The molecule has 0 aliphatic carbocycles. The second-order valence-electron chi connectivity index (χ2n) is 4.59. The fourth-order valence-corrected chi connectivity index (χ4v) is 2.28. The van der Waals surface area contributed by atoms with Gasteiger partial charge in [-0.2, -0.15) is 0 Å². The van der Waals surface area contributed by atoms with E-state index in [9.17, 15) is 4.79 Å². The van der Waals surface area contributed by atoms with E-state index in [1.54, 1.807) is 36.4 Å². The molecule has 0 aliphatic heterocycles. The first kappa shape index (κ1) is 17.8. The Bertz CT molecular complexity index is 741. The quantitative estimate of drug-likeness (QED) is 0.571. The fourth-order valence-electron chi connectivity index (χ4n) is 1.89. The number of halogens is 1. The number of methoxy groups -OCH3 is 2. The molecule has 0 aliphatic rings. The highest BCUT2D eigenvalue weighted by Gasteiger charge is 2.11. The predicted octanol–water partition coefficient (Wildman–Crippen LogP) is 2.99. The van der Waals surface area contributed by atoms with Gasteiger partial charge >= 0.3 is 0 Å². The standard InChI is InChI=1S/C16H16ClN3O3S/c1-22-13-9-12(14(23-2)8-11(13)17)18-16(24)20-19-15(21)10-6-4-3-5-7-10/h3-9H,1-2H3,(H,19,21)(H2,18,20,24). The van der Waals surface area contributed by atoms with Gasteiger partial charge in [0.15, 0.2) is 5.11 Å². The summed E-state index contributed by atoms with van der Waals surface area (Å²) < 4.78 is 10.4. The zero-order valence-electron chi connectivity index (χ0n) is 13.1. The van der Waals surface area contributed by atoms with E-state index >= 15 is 0 Å². The van der Waals surface area contributed by atoms with Crippen molar-refractivity contribution in [3.8, 4) is 11.5 Å². The van der Waals surface area contributed by atoms with Gasteiger partial charge in [-0.05, 0) is 24.4 Å². The molecule has 3 N–H and O–H groups in total. The van der Waals surface area contributed by atoms with Crippen LogP contribution < -0.4 is 25.6 Å². The van der Waals surface area contributed by atoms with Crippen molar-refractivity contribution >= 4 is 40.5 Å². The Morgan fingerprint density at radius 1 is 1.04 bits per heavy atom. The molecule has 2 aromatic carbocycles. The molecule has 0 aromatic heterocycles. The summed E-state index contributed by atoms with van der Waals surface area (Å²) in [5.41, 5.74) is 6.19. The Hall–Kier alpha value is -2.51. The van der Waals surface area contributed by atoms with Crippen molar-refractivity contribution in [2.45, 2.75) is 0 Å². The Kier molecular flexibility index (Phi) is 6.22. The van der Waals surface area contributed by atoms with Crippen molar-refractivity contribution < 1.29 is 14.3 Å². The number of anilines is 1. The minimum atomic E-state index is -0.305. The second-order valence-corrected chi connectivity index (χ2v) is 5.40. The van der Waals surface area contributed by atoms with Crippen molar-refractivity contribution in [3.05, 3.63) is 53.1 Å². The Balaban J connectivity index is 2.01. The monoisotopic (exact) mass is 365 g/mol. The maximum absolute atomic E-state index is 11.9. The summed E-state index contributed by atoms with van der Waals surface area (Å²) in [5.74, 6) is 0.649. The van der Waals surface area contributed by atoms with Gasteiger partial charge in [0.05, 0.1) is 24.9 Å². The van der Waals surface area contributed by atoms with Crippen LogP contribution in [-0.2, 0) is 0 Å². The third-order valence-corrected chi connectivity index (χ3v) is 3.55. The lowest BCUT2D eigenvalue weighted by molar-refractivity contribution is 0.0944. The van der Waals surface area contributed by atoms with Crippen molar-refractivity contribution in [1.82, 2.24) is 10.9 Å². The average molecular weight is 366 g/mol. The summed E-state index contributed by atoms with van der Waals surface area (Å²) in [4.78, 5) is 11.9. The summed E-state index contributed by atoms with van der Waals surface area (Å²) in [7, 11) is 3.02. The number of benzene rings is 2. The van der Waals surface area contributed by atoms with Crippen LogP contribution in [0.1, 0.15) is 10.4 Å². The molecule has 6 nitrogen and oxygen atoms in total. The molecular weight excluding hydrogens is 350 g/mol. The largest absolute Gasteiger partial charge is 0.495 e. The zero-order chi connectivity index (χ0) is 17.5. The van der Waals surface area contributed by atoms with Gasteiger partial charge < -0.3 is 14.8 Å². The lowest BCUT2D eigenvalue weighted by Crippen LogP contribution is -2.43. The van der Waals surface area contributed by atoms with E-state index in [4.69, 9.17) is 33.3 Å².